The van der Waals surface area contributed by atoms with E-state index >= 15 is 0 Å². The van der Waals surface area contributed by atoms with E-state index in [0.29, 0.717) is 16.1 Å². The molecule has 3 aromatic carbocycles. The minimum atomic E-state index is -0.138. The van der Waals surface area contributed by atoms with Crippen LogP contribution in [0.5, 0.6) is 0 Å². The highest BCUT2D eigenvalue weighted by atomic mass is 32.2. The molecule has 0 atom stereocenters. The van der Waals surface area contributed by atoms with Crippen LogP contribution in [0.15, 0.2) is 76.7 Å². The Morgan fingerprint density at radius 2 is 1.78 bits per heavy atom. The van der Waals surface area contributed by atoms with Gasteiger partial charge in [-0.2, -0.15) is 0 Å². The molecule has 0 aliphatic rings. The van der Waals surface area contributed by atoms with Crippen LogP contribution in [-0.4, -0.2) is 21.2 Å². The monoisotopic (exact) mass is 443 g/mol. The molecule has 1 amide bonds. The molecule has 0 fully saturated rings. The molecule has 6 heteroatoms. The van der Waals surface area contributed by atoms with Gasteiger partial charge in [0.1, 0.15) is 0 Å². The van der Waals surface area contributed by atoms with Crippen molar-refractivity contribution in [3.8, 4) is 5.69 Å². The lowest BCUT2D eigenvalue weighted by atomic mass is 10.1. The number of carbonyl (C=O) groups is 1. The topological polar surface area (TPSA) is 64.0 Å². The molecule has 0 unspecified atom stereocenters. The Kier molecular flexibility index (Phi) is 6.42. The minimum absolute atomic E-state index is 0.131. The fourth-order valence-electron chi connectivity index (χ4n) is 3.64. The number of aromatic nitrogens is 2. The first-order valence-corrected chi connectivity index (χ1v) is 11.6. The minimum Gasteiger partial charge on any atom is -0.325 e. The SMILES string of the molecule is CCc1ccccc1-n1c(SCC(=O)Nc2cc(C)ccc2C)nc2ccccc2c1=O. The molecule has 0 aliphatic carbocycles. The fourth-order valence-corrected chi connectivity index (χ4v) is 4.44. The zero-order valence-corrected chi connectivity index (χ0v) is 19.2. The molecule has 4 rings (SSSR count). The number of hydrogen-bond acceptors (Lipinski definition) is 4. The van der Waals surface area contributed by atoms with Crippen molar-refractivity contribution in [3.63, 3.8) is 0 Å². The van der Waals surface area contributed by atoms with Gasteiger partial charge < -0.3 is 5.32 Å². The average molecular weight is 444 g/mol. The molecule has 0 spiro atoms. The lowest BCUT2D eigenvalue weighted by Crippen LogP contribution is -2.24. The van der Waals surface area contributed by atoms with Crippen LogP contribution >= 0.6 is 11.8 Å². The van der Waals surface area contributed by atoms with Gasteiger partial charge in [0.25, 0.3) is 5.56 Å². The summed E-state index contributed by atoms with van der Waals surface area (Å²) in [6.07, 6.45) is 0.784. The Morgan fingerprint density at radius 1 is 1.03 bits per heavy atom. The Hall–Kier alpha value is -3.38. The van der Waals surface area contributed by atoms with E-state index in [1.165, 1.54) is 11.8 Å². The highest BCUT2D eigenvalue weighted by Gasteiger charge is 2.16. The van der Waals surface area contributed by atoms with E-state index in [9.17, 15) is 9.59 Å². The maximum absolute atomic E-state index is 13.4. The van der Waals surface area contributed by atoms with E-state index in [1.54, 1.807) is 10.6 Å². The number of fused-ring (bicyclic) bond motifs is 1. The van der Waals surface area contributed by atoms with E-state index in [2.05, 4.69) is 12.2 Å². The van der Waals surface area contributed by atoms with Crippen molar-refractivity contribution in [1.29, 1.82) is 0 Å². The summed E-state index contributed by atoms with van der Waals surface area (Å²) < 4.78 is 1.64. The zero-order valence-electron chi connectivity index (χ0n) is 18.4. The van der Waals surface area contributed by atoms with E-state index in [1.807, 2.05) is 74.5 Å². The first kappa shape index (κ1) is 21.8. The molecule has 0 radical (unpaired) electrons. The van der Waals surface area contributed by atoms with Crippen molar-refractivity contribution < 1.29 is 4.79 Å². The summed E-state index contributed by atoms with van der Waals surface area (Å²) in [5.74, 6) is 0.00773. The molecule has 0 saturated carbocycles. The van der Waals surface area contributed by atoms with Crippen molar-refractivity contribution >= 4 is 34.3 Å². The second kappa shape index (κ2) is 9.40. The first-order chi connectivity index (χ1) is 15.5. The number of carbonyl (C=O) groups excluding carboxylic acids is 1. The highest BCUT2D eigenvalue weighted by molar-refractivity contribution is 7.99. The number of amides is 1. The quantitative estimate of drug-likeness (QED) is 0.325. The van der Waals surface area contributed by atoms with Crippen LogP contribution in [0.25, 0.3) is 16.6 Å². The van der Waals surface area contributed by atoms with Gasteiger partial charge in [-0.25, -0.2) is 4.98 Å². The number of aryl methyl sites for hydroxylation is 3. The number of nitrogens with zero attached hydrogens (tertiary/aromatic N) is 2. The number of hydrogen-bond donors (Lipinski definition) is 1. The molecule has 0 bridgehead atoms. The van der Waals surface area contributed by atoms with Crippen LogP contribution in [0, 0.1) is 13.8 Å². The van der Waals surface area contributed by atoms with E-state index < -0.39 is 0 Å². The summed E-state index contributed by atoms with van der Waals surface area (Å²) in [6.45, 7) is 6.02. The van der Waals surface area contributed by atoms with Crippen molar-refractivity contribution in [2.24, 2.45) is 0 Å². The second-order valence-corrected chi connectivity index (χ2v) is 8.63. The van der Waals surface area contributed by atoms with Gasteiger partial charge in [0.05, 0.1) is 22.3 Å². The maximum Gasteiger partial charge on any atom is 0.266 e. The van der Waals surface area contributed by atoms with Crippen LogP contribution in [-0.2, 0) is 11.2 Å². The van der Waals surface area contributed by atoms with E-state index in [0.717, 1.165) is 34.5 Å². The molecular weight excluding hydrogens is 418 g/mol. The Labute approximate surface area is 191 Å². The Bertz CT molecular complexity index is 1360. The van der Waals surface area contributed by atoms with Gasteiger partial charge in [-0.15, -0.1) is 0 Å². The smallest absolute Gasteiger partial charge is 0.266 e. The van der Waals surface area contributed by atoms with Gasteiger partial charge in [-0.05, 0) is 61.2 Å². The molecule has 162 valence electrons. The molecule has 1 heterocycles. The predicted octanol–water partition coefficient (Wildman–Crippen LogP) is 5.30. The number of anilines is 1. The molecule has 1 N–H and O–H groups in total. The standard InChI is InChI=1S/C26H25N3O2S/c1-4-19-9-5-8-12-23(19)29-25(31)20-10-6-7-11-21(20)28-26(29)32-16-24(30)27-22-15-17(2)13-14-18(22)3/h5-15H,4,16H2,1-3H3,(H,27,30). The fraction of sp³-hybridized carbons (Fsp3) is 0.192. The number of thioether (sulfide) groups is 1. The van der Waals surface area contributed by atoms with Crippen molar-refractivity contribution in [3.05, 3.63) is 93.8 Å². The predicted molar refractivity (Wildman–Crippen MR) is 132 cm³/mol. The molecule has 0 saturated heterocycles. The largest absolute Gasteiger partial charge is 0.325 e. The lowest BCUT2D eigenvalue weighted by molar-refractivity contribution is -0.113. The van der Waals surface area contributed by atoms with Gasteiger partial charge in [-0.3, -0.25) is 14.2 Å². The van der Waals surface area contributed by atoms with Crippen LogP contribution in [0.3, 0.4) is 0 Å². The van der Waals surface area contributed by atoms with Crippen LogP contribution in [0.2, 0.25) is 0 Å². The second-order valence-electron chi connectivity index (χ2n) is 7.69. The van der Waals surface area contributed by atoms with Gasteiger partial charge >= 0.3 is 0 Å². The van der Waals surface area contributed by atoms with Gasteiger partial charge in [0.15, 0.2) is 5.16 Å². The van der Waals surface area contributed by atoms with Crippen molar-refractivity contribution in [2.75, 3.05) is 11.1 Å². The number of rotatable bonds is 6. The summed E-state index contributed by atoms with van der Waals surface area (Å²) in [6, 6.07) is 21.1. The number of nitrogens with one attached hydrogen (secondary N) is 1. The lowest BCUT2D eigenvalue weighted by Gasteiger charge is -2.16. The summed E-state index contributed by atoms with van der Waals surface area (Å²) >= 11 is 1.27. The van der Waals surface area contributed by atoms with Crippen LogP contribution < -0.4 is 10.9 Å². The van der Waals surface area contributed by atoms with Gasteiger partial charge in [0, 0.05) is 5.69 Å². The summed E-state index contributed by atoms with van der Waals surface area (Å²) in [5, 5.41) is 4.04. The van der Waals surface area contributed by atoms with E-state index in [-0.39, 0.29) is 17.2 Å². The molecule has 5 nitrogen and oxygen atoms in total. The average Bonchev–Trinajstić information content (AvgIpc) is 2.80. The summed E-state index contributed by atoms with van der Waals surface area (Å²) in [7, 11) is 0. The molecule has 0 aliphatic heterocycles. The third-order valence-electron chi connectivity index (χ3n) is 5.36. The summed E-state index contributed by atoms with van der Waals surface area (Å²) in [5.41, 5.74) is 5.24. The molecule has 4 aromatic rings. The number of benzene rings is 3. The third-order valence-corrected chi connectivity index (χ3v) is 6.30. The van der Waals surface area contributed by atoms with Crippen molar-refractivity contribution in [2.45, 2.75) is 32.3 Å². The Morgan fingerprint density at radius 3 is 2.59 bits per heavy atom. The van der Waals surface area contributed by atoms with Crippen LogP contribution in [0.1, 0.15) is 23.6 Å². The van der Waals surface area contributed by atoms with E-state index in [4.69, 9.17) is 4.98 Å². The maximum atomic E-state index is 13.4. The summed E-state index contributed by atoms with van der Waals surface area (Å²) in [4.78, 5) is 30.9. The molecule has 32 heavy (non-hydrogen) atoms. The number of para-hydroxylation sites is 2. The highest BCUT2D eigenvalue weighted by Crippen LogP contribution is 2.24. The third kappa shape index (κ3) is 4.46. The molecule has 1 aromatic heterocycles. The normalized spacial score (nSPS) is 11.0. The first-order valence-electron chi connectivity index (χ1n) is 10.6. The van der Waals surface area contributed by atoms with Gasteiger partial charge in [-0.1, -0.05) is 61.2 Å². The van der Waals surface area contributed by atoms with Gasteiger partial charge in [0.2, 0.25) is 5.91 Å². The Balaban J connectivity index is 1.71. The van der Waals surface area contributed by atoms with Crippen molar-refractivity contribution in [1.82, 2.24) is 9.55 Å². The molecular formula is C26H25N3O2S. The zero-order chi connectivity index (χ0) is 22.7. The van der Waals surface area contributed by atoms with Crippen LogP contribution in [0.4, 0.5) is 5.69 Å².